The van der Waals surface area contributed by atoms with Crippen LogP contribution >= 0.6 is 11.3 Å². The third-order valence-electron chi connectivity index (χ3n) is 3.92. The van der Waals surface area contributed by atoms with Crippen LogP contribution in [0, 0.1) is 0 Å². The number of carbonyl (C=O) groups is 3. The molecule has 2 aromatic rings. The van der Waals surface area contributed by atoms with E-state index in [-0.39, 0.29) is 19.0 Å². The molecule has 1 atom stereocenters. The normalized spacial score (nSPS) is 16.3. The van der Waals surface area contributed by atoms with E-state index < -0.39 is 18.0 Å². The lowest BCUT2D eigenvalue weighted by molar-refractivity contribution is -0.139. The van der Waals surface area contributed by atoms with E-state index in [1.165, 1.54) is 11.3 Å². The first kappa shape index (κ1) is 18.1. The number of thiophene rings is 1. The molecular weight excluding hydrogens is 354 g/mol. The highest BCUT2D eigenvalue weighted by molar-refractivity contribution is 7.12. The van der Waals surface area contributed by atoms with Gasteiger partial charge in [0.15, 0.2) is 0 Å². The van der Waals surface area contributed by atoms with Crippen LogP contribution in [0.25, 0.3) is 0 Å². The molecule has 1 aliphatic rings. The van der Waals surface area contributed by atoms with Crippen molar-refractivity contribution in [1.29, 1.82) is 0 Å². The van der Waals surface area contributed by atoms with Crippen molar-refractivity contribution in [1.82, 2.24) is 15.5 Å². The van der Waals surface area contributed by atoms with Crippen molar-refractivity contribution in [2.24, 2.45) is 0 Å². The average Bonchev–Trinajstić information content (AvgIpc) is 3.36. The molecule has 1 aliphatic heterocycles. The minimum atomic E-state index is -0.750. The fourth-order valence-electron chi connectivity index (χ4n) is 2.58. The molecule has 1 aromatic carbocycles. The van der Waals surface area contributed by atoms with Gasteiger partial charge in [0.05, 0.1) is 18.0 Å². The lowest BCUT2D eigenvalue weighted by Crippen LogP contribution is -2.47. The molecule has 1 saturated heterocycles. The molecule has 0 aliphatic carbocycles. The first-order valence-corrected chi connectivity index (χ1v) is 9.09. The third kappa shape index (κ3) is 4.47. The molecule has 0 saturated carbocycles. The van der Waals surface area contributed by atoms with Gasteiger partial charge in [0, 0.05) is 13.1 Å². The summed E-state index contributed by atoms with van der Waals surface area (Å²) in [6, 6.07) is 12.9. The van der Waals surface area contributed by atoms with Crippen LogP contribution in [0.2, 0.25) is 0 Å². The molecule has 3 rings (SSSR count). The maximum absolute atomic E-state index is 12.4. The molecule has 1 aromatic heterocycles. The quantitative estimate of drug-likeness (QED) is 0.765. The van der Waals surface area contributed by atoms with Gasteiger partial charge in [0.2, 0.25) is 0 Å². The summed E-state index contributed by atoms with van der Waals surface area (Å²) >= 11 is 1.36. The maximum atomic E-state index is 12.4. The summed E-state index contributed by atoms with van der Waals surface area (Å²) in [7, 11) is 0. The van der Waals surface area contributed by atoms with Gasteiger partial charge in [0.1, 0.15) is 6.23 Å². The Kier molecular flexibility index (Phi) is 5.98. The number of hydrogen-bond donors (Lipinski definition) is 2. The highest BCUT2D eigenvalue weighted by Crippen LogP contribution is 2.17. The fourth-order valence-corrected chi connectivity index (χ4v) is 3.26. The zero-order valence-electron chi connectivity index (χ0n) is 14.0. The summed E-state index contributed by atoms with van der Waals surface area (Å²) in [5.41, 5.74) is 0.903. The van der Waals surface area contributed by atoms with Crippen LogP contribution in [0.1, 0.15) is 15.2 Å². The lowest BCUT2D eigenvalue weighted by atomic mass is 10.2. The molecule has 26 heavy (non-hydrogen) atoms. The highest BCUT2D eigenvalue weighted by Gasteiger charge is 2.31. The van der Waals surface area contributed by atoms with Gasteiger partial charge < -0.3 is 20.3 Å². The molecule has 0 radical (unpaired) electrons. The van der Waals surface area contributed by atoms with Crippen LogP contribution in [-0.2, 0) is 20.9 Å². The Balaban J connectivity index is 1.47. The molecular formula is C18H19N3O4S. The molecule has 0 unspecified atom stereocenters. The van der Waals surface area contributed by atoms with Gasteiger partial charge in [-0.15, -0.1) is 11.3 Å². The van der Waals surface area contributed by atoms with E-state index in [2.05, 4.69) is 10.6 Å². The van der Waals surface area contributed by atoms with Crippen LogP contribution in [0.3, 0.4) is 0 Å². The second-order valence-electron chi connectivity index (χ2n) is 5.68. The van der Waals surface area contributed by atoms with Gasteiger partial charge in [-0.1, -0.05) is 36.4 Å². The lowest BCUT2D eigenvalue weighted by Gasteiger charge is -2.22. The summed E-state index contributed by atoms with van der Waals surface area (Å²) in [4.78, 5) is 38.4. The van der Waals surface area contributed by atoms with E-state index in [1.54, 1.807) is 11.0 Å². The van der Waals surface area contributed by atoms with E-state index in [0.717, 1.165) is 5.56 Å². The van der Waals surface area contributed by atoms with Crippen molar-refractivity contribution < 1.29 is 19.1 Å². The molecule has 3 amide bonds. The number of amides is 3. The van der Waals surface area contributed by atoms with Crippen LogP contribution in [0.5, 0.6) is 0 Å². The van der Waals surface area contributed by atoms with Gasteiger partial charge in [0.25, 0.3) is 5.91 Å². The van der Waals surface area contributed by atoms with Crippen molar-refractivity contribution in [3.05, 3.63) is 58.3 Å². The Hall–Kier alpha value is -2.71. The van der Waals surface area contributed by atoms with E-state index in [4.69, 9.17) is 4.74 Å². The summed E-state index contributed by atoms with van der Waals surface area (Å²) < 4.78 is 5.51. The molecule has 8 heteroatoms. The molecule has 7 nitrogen and oxygen atoms in total. The number of ether oxygens (including phenoxy) is 1. The molecule has 2 heterocycles. The molecule has 0 bridgehead atoms. The first-order chi connectivity index (χ1) is 12.6. The zero-order chi connectivity index (χ0) is 18.4. The van der Waals surface area contributed by atoms with Gasteiger partial charge >= 0.3 is 11.8 Å². The molecule has 2 N–H and O–H groups in total. The smallest absolute Gasteiger partial charge is 0.309 e. The summed E-state index contributed by atoms with van der Waals surface area (Å²) in [6.07, 6.45) is -0.574. The van der Waals surface area contributed by atoms with Crippen LogP contribution < -0.4 is 10.6 Å². The predicted molar refractivity (Wildman–Crippen MR) is 96.4 cm³/mol. The first-order valence-electron chi connectivity index (χ1n) is 8.21. The summed E-state index contributed by atoms with van der Waals surface area (Å²) in [5.74, 6) is -1.60. The monoisotopic (exact) mass is 373 g/mol. The van der Waals surface area contributed by atoms with Gasteiger partial charge in [-0.3, -0.25) is 14.4 Å². The summed E-state index contributed by atoms with van der Waals surface area (Å²) in [5, 5.41) is 6.92. The molecule has 0 spiro atoms. The van der Waals surface area contributed by atoms with Crippen molar-refractivity contribution in [2.75, 3.05) is 19.7 Å². The molecule has 1 fully saturated rings. The van der Waals surface area contributed by atoms with Crippen molar-refractivity contribution in [2.45, 2.75) is 12.8 Å². The summed E-state index contributed by atoms with van der Waals surface area (Å²) in [6.45, 7) is 1.19. The van der Waals surface area contributed by atoms with Gasteiger partial charge in [-0.25, -0.2) is 0 Å². The Morgan fingerprint density at radius 2 is 1.85 bits per heavy atom. The van der Waals surface area contributed by atoms with Crippen LogP contribution in [-0.4, -0.2) is 48.5 Å². The van der Waals surface area contributed by atoms with Crippen LogP contribution in [0.15, 0.2) is 47.8 Å². The minimum absolute atomic E-state index is 0.0642. The van der Waals surface area contributed by atoms with Crippen molar-refractivity contribution in [3.8, 4) is 0 Å². The van der Waals surface area contributed by atoms with Crippen molar-refractivity contribution in [3.63, 3.8) is 0 Å². The number of nitrogens with one attached hydrogen (secondary N) is 2. The van der Waals surface area contributed by atoms with E-state index in [0.29, 0.717) is 18.0 Å². The average molecular weight is 373 g/mol. The fraction of sp³-hybridized carbons (Fsp3) is 0.278. The Morgan fingerprint density at radius 3 is 2.58 bits per heavy atom. The van der Waals surface area contributed by atoms with Gasteiger partial charge in [-0.2, -0.15) is 0 Å². The number of rotatable bonds is 5. The second-order valence-corrected chi connectivity index (χ2v) is 6.63. The maximum Gasteiger partial charge on any atom is 0.309 e. The predicted octanol–water partition coefficient (Wildman–Crippen LogP) is 0.979. The molecule has 136 valence electrons. The minimum Gasteiger partial charge on any atom is -0.355 e. The Bertz CT molecular complexity index is 764. The highest BCUT2D eigenvalue weighted by atomic mass is 32.1. The Morgan fingerprint density at radius 1 is 1.08 bits per heavy atom. The standard InChI is InChI=1S/C18H19N3O4S/c22-16(19-11-13-5-2-1-3-6-13)17(23)20-12-15-21(8-9-25-15)18(24)14-7-4-10-26-14/h1-7,10,15H,8-9,11-12H2,(H,19,22)(H,20,23)/t15-/m0/s1. The van der Waals surface area contributed by atoms with E-state index in [1.807, 2.05) is 41.8 Å². The second kappa shape index (κ2) is 8.59. The van der Waals surface area contributed by atoms with Crippen molar-refractivity contribution >= 4 is 29.1 Å². The number of nitrogens with zero attached hydrogens (tertiary/aromatic N) is 1. The Labute approximate surface area is 155 Å². The van der Waals surface area contributed by atoms with Crippen LogP contribution in [0.4, 0.5) is 0 Å². The van der Waals surface area contributed by atoms with Gasteiger partial charge in [-0.05, 0) is 17.0 Å². The van der Waals surface area contributed by atoms with E-state index >= 15 is 0 Å². The van der Waals surface area contributed by atoms with E-state index in [9.17, 15) is 14.4 Å². The number of carbonyl (C=O) groups excluding carboxylic acids is 3. The topological polar surface area (TPSA) is 87.7 Å². The largest absolute Gasteiger partial charge is 0.355 e. The number of benzene rings is 1. The SMILES string of the molecule is O=C(NCc1ccccc1)C(=O)NC[C@@H]1OCCN1C(=O)c1cccs1. The zero-order valence-corrected chi connectivity index (χ0v) is 14.8. The number of hydrogen-bond acceptors (Lipinski definition) is 5. The third-order valence-corrected chi connectivity index (χ3v) is 4.78.